The number of ether oxygens (including phenoxy) is 1. The van der Waals surface area contributed by atoms with E-state index in [1.165, 1.54) is 0 Å². The fourth-order valence-corrected chi connectivity index (χ4v) is 2.49. The number of pyridine rings is 1. The van der Waals surface area contributed by atoms with E-state index in [-0.39, 0.29) is 18.3 Å². The molecule has 106 valence electrons. The molecule has 0 saturated carbocycles. The molecule has 19 heavy (non-hydrogen) atoms. The fourth-order valence-electron chi connectivity index (χ4n) is 2.49. The maximum Gasteiger partial charge on any atom is 0.0988 e. The van der Waals surface area contributed by atoms with Crippen molar-refractivity contribution in [3.05, 3.63) is 18.5 Å². The molecule has 1 aliphatic heterocycles. The second-order valence-corrected chi connectivity index (χ2v) is 5.52. The smallest absolute Gasteiger partial charge is 0.0988 e. The summed E-state index contributed by atoms with van der Waals surface area (Å²) in [7, 11) is 0. The molecule has 2 heterocycles. The molecule has 1 unspecified atom stereocenters. The van der Waals surface area contributed by atoms with Gasteiger partial charge in [0.2, 0.25) is 0 Å². The van der Waals surface area contributed by atoms with Gasteiger partial charge in [-0.25, -0.2) is 0 Å². The summed E-state index contributed by atoms with van der Waals surface area (Å²) in [4.78, 5) is 6.49. The van der Waals surface area contributed by atoms with Gasteiger partial charge in [0.1, 0.15) is 0 Å². The van der Waals surface area contributed by atoms with E-state index in [0.29, 0.717) is 6.54 Å². The van der Waals surface area contributed by atoms with Crippen molar-refractivity contribution < 1.29 is 9.84 Å². The van der Waals surface area contributed by atoms with E-state index in [9.17, 15) is 5.11 Å². The van der Waals surface area contributed by atoms with Crippen molar-refractivity contribution in [3.63, 3.8) is 0 Å². The molecule has 1 aliphatic rings. The first-order valence-corrected chi connectivity index (χ1v) is 6.76. The highest BCUT2D eigenvalue weighted by molar-refractivity contribution is 5.56. The summed E-state index contributed by atoms with van der Waals surface area (Å²) in [5, 5.41) is 12.6. The first-order valence-electron chi connectivity index (χ1n) is 6.76. The Bertz CT molecular complexity index is 423. The Morgan fingerprint density at radius 2 is 2.32 bits per heavy atom. The van der Waals surface area contributed by atoms with Gasteiger partial charge in [-0.2, -0.15) is 0 Å². The van der Waals surface area contributed by atoms with Crippen molar-refractivity contribution in [1.82, 2.24) is 4.98 Å². The quantitative estimate of drug-likeness (QED) is 0.864. The first-order chi connectivity index (χ1) is 9.04. The number of nitrogens with zero attached hydrogens (tertiary/aromatic N) is 2. The number of aliphatic hydroxyl groups excluding tert-OH is 1. The highest BCUT2D eigenvalue weighted by Crippen LogP contribution is 2.26. The van der Waals surface area contributed by atoms with E-state index in [0.717, 1.165) is 24.5 Å². The summed E-state index contributed by atoms with van der Waals surface area (Å²) in [6, 6.07) is 2.09. The minimum absolute atomic E-state index is 0.0419. The zero-order valence-corrected chi connectivity index (χ0v) is 11.9. The van der Waals surface area contributed by atoms with Crippen LogP contribution in [0.15, 0.2) is 18.5 Å². The van der Waals surface area contributed by atoms with Gasteiger partial charge in [-0.3, -0.25) is 4.98 Å². The van der Waals surface area contributed by atoms with Gasteiger partial charge in [-0.05, 0) is 26.8 Å². The topological polar surface area (TPSA) is 57.6 Å². The summed E-state index contributed by atoms with van der Waals surface area (Å²) in [5.74, 6) is 0. The molecule has 1 atom stereocenters. The Morgan fingerprint density at radius 1 is 1.53 bits per heavy atom. The van der Waals surface area contributed by atoms with Crippen molar-refractivity contribution in [3.8, 4) is 0 Å². The Labute approximate surface area is 114 Å². The maximum absolute atomic E-state index is 9.35. The van der Waals surface area contributed by atoms with Crippen LogP contribution in [-0.4, -0.2) is 48.0 Å². The highest BCUT2D eigenvalue weighted by atomic mass is 16.5. The predicted molar refractivity (Wildman–Crippen MR) is 76.7 cm³/mol. The first kappa shape index (κ1) is 14.1. The lowest BCUT2D eigenvalue weighted by atomic mass is 10.0. The molecule has 1 aromatic rings. The Morgan fingerprint density at radius 3 is 3.00 bits per heavy atom. The van der Waals surface area contributed by atoms with Crippen molar-refractivity contribution in [2.24, 2.45) is 0 Å². The van der Waals surface area contributed by atoms with Crippen LogP contribution in [-0.2, 0) is 4.74 Å². The van der Waals surface area contributed by atoms with Crippen molar-refractivity contribution in [2.75, 3.05) is 36.5 Å². The molecule has 0 aromatic carbocycles. The number of aliphatic hydroxyl groups is 1. The Kier molecular flexibility index (Phi) is 4.27. The molecular formula is C14H23N3O2. The molecule has 0 spiro atoms. The Hall–Kier alpha value is -1.33. The summed E-state index contributed by atoms with van der Waals surface area (Å²) in [6.45, 7) is 8.55. The molecule has 2 rings (SSSR count). The molecular weight excluding hydrogens is 242 g/mol. The summed E-state index contributed by atoms with van der Waals surface area (Å²) >= 11 is 0. The summed E-state index contributed by atoms with van der Waals surface area (Å²) < 4.78 is 5.82. The van der Waals surface area contributed by atoms with Crippen molar-refractivity contribution >= 4 is 11.4 Å². The van der Waals surface area contributed by atoms with Gasteiger partial charge in [0.25, 0.3) is 0 Å². The minimum atomic E-state index is -0.264. The van der Waals surface area contributed by atoms with Gasteiger partial charge in [0.05, 0.1) is 42.1 Å². The number of rotatable bonds is 4. The monoisotopic (exact) mass is 265 g/mol. The van der Waals surface area contributed by atoms with Crippen molar-refractivity contribution in [2.45, 2.75) is 32.5 Å². The van der Waals surface area contributed by atoms with Crippen LogP contribution in [0.3, 0.4) is 0 Å². The van der Waals surface area contributed by atoms with E-state index in [1.807, 2.05) is 26.2 Å². The van der Waals surface area contributed by atoms with Crippen molar-refractivity contribution in [1.29, 1.82) is 0 Å². The second-order valence-electron chi connectivity index (χ2n) is 5.52. The van der Waals surface area contributed by atoms with Gasteiger partial charge in [0, 0.05) is 19.6 Å². The van der Waals surface area contributed by atoms with E-state index < -0.39 is 0 Å². The second kappa shape index (κ2) is 5.75. The number of hydrogen-bond donors (Lipinski definition) is 2. The average Bonchev–Trinajstić information content (AvgIpc) is 2.37. The van der Waals surface area contributed by atoms with Gasteiger partial charge in [-0.1, -0.05) is 0 Å². The van der Waals surface area contributed by atoms with Crippen LogP contribution in [0.5, 0.6) is 0 Å². The largest absolute Gasteiger partial charge is 0.394 e. The number of anilines is 2. The van der Waals surface area contributed by atoms with Crippen LogP contribution in [0.4, 0.5) is 11.4 Å². The van der Waals surface area contributed by atoms with E-state index >= 15 is 0 Å². The summed E-state index contributed by atoms with van der Waals surface area (Å²) in [5.41, 5.74) is 1.82. The van der Waals surface area contributed by atoms with Crippen LogP contribution in [0.2, 0.25) is 0 Å². The van der Waals surface area contributed by atoms with Crippen LogP contribution in [0, 0.1) is 0 Å². The molecule has 1 saturated heterocycles. The van der Waals surface area contributed by atoms with Crippen LogP contribution in [0.25, 0.3) is 0 Å². The van der Waals surface area contributed by atoms with Crippen LogP contribution >= 0.6 is 0 Å². The number of nitrogens with one attached hydrogen (secondary N) is 1. The van der Waals surface area contributed by atoms with E-state index in [2.05, 4.69) is 28.2 Å². The zero-order valence-electron chi connectivity index (χ0n) is 11.9. The fraction of sp³-hybridized carbons (Fsp3) is 0.643. The molecule has 0 aliphatic carbocycles. The lowest BCUT2D eigenvalue weighted by molar-refractivity contribution is -0.101. The third kappa shape index (κ3) is 3.58. The predicted octanol–water partition coefficient (Wildman–Crippen LogP) is 1.49. The average molecular weight is 265 g/mol. The third-order valence-corrected chi connectivity index (χ3v) is 3.15. The van der Waals surface area contributed by atoms with Gasteiger partial charge >= 0.3 is 0 Å². The van der Waals surface area contributed by atoms with E-state index in [4.69, 9.17) is 4.74 Å². The molecule has 0 radical (unpaired) electrons. The minimum Gasteiger partial charge on any atom is -0.394 e. The maximum atomic E-state index is 9.35. The Balaban J connectivity index is 2.17. The summed E-state index contributed by atoms with van der Waals surface area (Å²) in [6.07, 6.45) is 3.53. The van der Waals surface area contributed by atoms with Gasteiger partial charge < -0.3 is 20.1 Å². The lowest BCUT2D eigenvalue weighted by Crippen LogP contribution is -2.54. The number of morpholine rings is 1. The van der Waals surface area contributed by atoms with Crippen LogP contribution in [0.1, 0.15) is 20.8 Å². The lowest BCUT2D eigenvalue weighted by Gasteiger charge is -2.43. The SMILES string of the molecule is CCNc1cncc(N2CC(CO)OC(C)(C)C2)c1. The molecule has 5 heteroatoms. The molecule has 1 fully saturated rings. The zero-order chi connectivity index (χ0) is 13.9. The van der Waals surface area contributed by atoms with Crippen LogP contribution < -0.4 is 10.2 Å². The van der Waals surface area contributed by atoms with E-state index in [1.54, 1.807) is 0 Å². The highest BCUT2D eigenvalue weighted by Gasteiger charge is 2.33. The molecule has 0 amide bonds. The standard InChI is InChI=1S/C14H23N3O2/c1-4-16-11-5-12(7-15-6-11)17-8-13(9-18)19-14(2,3)10-17/h5-7,13,16,18H,4,8-10H2,1-3H3. The molecule has 1 aromatic heterocycles. The molecule has 2 N–H and O–H groups in total. The van der Waals surface area contributed by atoms with Gasteiger partial charge in [-0.15, -0.1) is 0 Å². The number of aromatic nitrogens is 1. The number of hydrogen-bond acceptors (Lipinski definition) is 5. The van der Waals surface area contributed by atoms with Gasteiger partial charge in [0.15, 0.2) is 0 Å². The third-order valence-electron chi connectivity index (χ3n) is 3.15. The molecule has 5 nitrogen and oxygen atoms in total. The molecule has 0 bridgehead atoms. The normalized spacial score (nSPS) is 22.3.